The van der Waals surface area contributed by atoms with E-state index in [9.17, 15) is 0 Å². The second-order valence-corrected chi connectivity index (χ2v) is 4.19. The Morgan fingerprint density at radius 1 is 1.33 bits per heavy atom. The lowest BCUT2D eigenvalue weighted by Crippen LogP contribution is -2.35. The predicted molar refractivity (Wildman–Crippen MR) is 61.9 cm³/mol. The van der Waals surface area contributed by atoms with Crippen LogP contribution in [0.15, 0.2) is 24.3 Å². The van der Waals surface area contributed by atoms with Gasteiger partial charge in [0.15, 0.2) is 0 Å². The molecule has 1 aliphatic rings. The van der Waals surface area contributed by atoms with E-state index in [4.69, 9.17) is 4.74 Å². The molecule has 0 saturated carbocycles. The van der Waals surface area contributed by atoms with E-state index < -0.39 is 0 Å². The van der Waals surface area contributed by atoms with Crippen molar-refractivity contribution in [2.45, 2.75) is 31.8 Å². The van der Waals surface area contributed by atoms with Crippen molar-refractivity contribution >= 4 is 0 Å². The van der Waals surface area contributed by atoms with Gasteiger partial charge in [0.1, 0.15) is 0 Å². The van der Waals surface area contributed by atoms with Crippen LogP contribution in [0.1, 0.15) is 24.0 Å². The molecule has 0 aliphatic carbocycles. The van der Waals surface area contributed by atoms with Crippen molar-refractivity contribution in [1.29, 1.82) is 0 Å². The molecule has 0 bridgehead atoms. The summed E-state index contributed by atoms with van der Waals surface area (Å²) in [6.07, 6.45) is 3.53. The summed E-state index contributed by atoms with van der Waals surface area (Å²) in [5, 5.41) is 3.58. The normalized spacial score (nSPS) is 19.9. The number of methoxy groups -OCH3 is 1. The van der Waals surface area contributed by atoms with Crippen molar-refractivity contribution in [2.24, 2.45) is 0 Å². The van der Waals surface area contributed by atoms with Gasteiger partial charge >= 0.3 is 0 Å². The van der Waals surface area contributed by atoms with Crippen LogP contribution in [0.25, 0.3) is 0 Å². The van der Waals surface area contributed by atoms with Crippen molar-refractivity contribution in [3.8, 4) is 0 Å². The van der Waals surface area contributed by atoms with Crippen LogP contribution >= 0.6 is 0 Å². The van der Waals surface area contributed by atoms with Crippen LogP contribution in [0.2, 0.25) is 0 Å². The molecule has 1 heterocycles. The van der Waals surface area contributed by atoms with Gasteiger partial charge < -0.3 is 10.1 Å². The molecule has 0 saturated heterocycles. The van der Waals surface area contributed by atoms with Gasteiger partial charge in [0.2, 0.25) is 0 Å². The van der Waals surface area contributed by atoms with Gasteiger partial charge in [-0.15, -0.1) is 0 Å². The molecule has 1 unspecified atom stereocenters. The molecule has 0 fully saturated rings. The van der Waals surface area contributed by atoms with Crippen molar-refractivity contribution in [1.82, 2.24) is 5.32 Å². The van der Waals surface area contributed by atoms with Gasteiger partial charge in [0, 0.05) is 26.3 Å². The molecule has 2 rings (SSSR count). The number of hydrogen-bond acceptors (Lipinski definition) is 2. The maximum atomic E-state index is 5.07. The molecule has 82 valence electrons. The second-order valence-electron chi connectivity index (χ2n) is 4.19. The number of rotatable bonds is 4. The third kappa shape index (κ3) is 2.80. The van der Waals surface area contributed by atoms with Gasteiger partial charge in [-0.2, -0.15) is 0 Å². The highest BCUT2D eigenvalue weighted by atomic mass is 16.5. The number of benzene rings is 1. The highest BCUT2D eigenvalue weighted by Gasteiger charge is 2.16. The number of nitrogens with one attached hydrogen (secondary N) is 1. The van der Waals surface area contributed by atoms with Crippen molar-refractivity contribution in [3.63, 3.8) is 0 Å². The van der Waals surface area contributed by atoms with Gasteiger partial charge in [-0.05, 0) is 30.4 Å². The highest BCUT2D eigenvalue weighted by Crippen LogP contribution is 2.18. The lowest BCUT2D eigenvalue weighted by Gasteiger charge is -2.26. The fourth-order valence-corrected chi connectivity index (χ4v) is 2.20. The van der Waals surface area contributed by atoms with E-state index in [2.05, 4.69) is 29.6 Å². The van der Waals surface area contributed by atoms with Crippen LogP contribution in [0, 0.1) is 0 Å². The summed E-state index contributed by atoms with van der Waals surface area (Å²) in [5.74, 6) is 0. The summed E-state index contributed by atoms with van der Waals surface area (Å²) in [6, 6.07) is 9.35. The van der Waals surface area contributed by atoms with E-state index in [1.54, 1.807) is 7.11 Å². The Kier molecular flexibility index (Phi) is 3.75. The molecule has 1 aromatic rings. The molecule has 0 radical (unpaired) electrons. The lowest BCUT2D eigenvalue weighted by molar-refractivity contribution is 0.188. The predicted octanol–water partition coefficient (Wildman–Crippen LogP) is 2.13. The average molecular weight is 205 g/mol. The summed E-state index contributed by atoms with van der Waals surface area (Å²) in [7, 11) is 1.77. The summed E-state index contributed by atoms with van der Waals surface area (Å²) in [4.78, 5) is 0. The van der Waals surface area contributed by atoms with Crippen molar-refractivity contribution < 1.29 is 4.74 Å². The van der Waals surface area contributed by atoms with E-state index in [-0.39, 0.29) is 0 Å². The monoisotopic (exact) mass is 205 g/mol. The first-order valence-corrected chi connectivity index (χ1v) is 5.69. The maximum absolute atomic E-state index is 5.07. The van der Waals surface area contributed by atoms with Crippen LogP contribution < -0.4 is 5.32 Å². The first kappa shape index (κ1) is 10.7. The molecule has 1 aliphatic heterocycles. The fourth-order valence-electron chi connectivity index (χ4n) is 2.20. The summed E-state index contributed by atoms with van der Waals surface area (Å²) >= 11 is 0. The zero-order valence-corrected chi connectivity index (χ0v) is 9.33. The molecule has 15 heavy (non-hydrogen) atoms. The van der Waals surface area contributed by atoms with Gasteiger partial charge in [-0.25, -0.2) is 0 Å². The third-order valence-corrected chi connectivity index (χ3v) is 3.07. The van der Waals surface area contributed by atoms with E-state index in [1.165, 1.54) is 24.0 Å². The maximum Gasteiger partial charge on any atom is 0.0462 e. The highest BCUT2D eigenvalue weighted by molar-refractivity contribution is 5.29. The van der Waals surface area contributed by atoms with E-state index in [0.29, 0.717) is 6.04 Å². The Morgan fingerprint density at radius 3 is 2.93 bits per heavy atom. The minimum absolute atomic E-state index is 0.634. The third-order valence-electron chi connectivity index (χ3n) is 3.07. The summed E-state index contributed by atoms with van der Waals surface area (Å²) < 4.78 is 5.07. The van der Waals surface area contributed by atoms with Crippen LogP contribution in [0.5, 0.6) is 0 Å². The molecule has 2 heteroatoms. The lowest BCUT2D eigenvalue weighted by atomic mass is 9.94. The molecular formula is C13H19NO. The Morgan fingerprint density at radius 2 is 2.13 bits per heavy atom. The summed E-state index contributed by atoms with van der Waals surface area (Å²) in [6.45, 7) is 1.90. The second kappa shape index (κ2) is 5.29. The Balaban J connectivity index is 1.88. The smallest absolute Gasteiger partial charge is 0.0462 e. The minimum atomic E-state index is 0.634. The zero-order chi connectivity index (χ0) is 10.5. The fraction of sp³-hybridized carbons (Fsp3) is 0.538. The number of hydrogen-bond donors (Lipinski definition) is 1. The van der Waals surface area contributed by atoms with Crippen LogP contribution in [-0.2, 0) is 17.7 Å². The van der Waals surface area contributed by atoms with Gasteiger partial charge in [-0.1, -0.05) is 24.3 Å². The first-order chi connectivity index (χ1) is 7.40. The molecule has 1 N–H and O–H groups in total. The van der Waals surface area contributed by atoms with E-state index >= 15 is 0 Å². The molecule has 1 aromatic carbocycles. The van der Waals surface area contributed by atoms with Crippen molar-refractivity contribution in [3.05, 3.63) is 35.4 Å². The molecule has 2 nitrogen and oxygen atoms in total. The van der Waals surface area contributed by atoms with Gasteiger partial charge in [0.05, 0.1) is 0 Å². The first-order valence-electron chi connectivity index (χ1n) is 5.69. The van der Waals surface area contributed by atoms with Crippen LogP contribution in [-0.4, -0.2) is 19.8 Å². The quantitative estimate of drug-likeness (QED) is 0.760. The minimum Gasteiger partial charge on any atom is -0.385 e. The van der Waals surface area contributed by atoms with Gasteiger partial charge in [0.25, 0.3) is 0 Å². The van der Waals surface area contributed by atoms with Crippen LogP contribution in [0.4, 0.5) is 0 Å². The van der Waals surface area contributed by atoms with Crippen molar-refractivity contribution in [2.75, 3.05) is 13.7 Å². The molecule has 0 spiro atoms. The Labute approximate surface area is 91.6 Å². The average Bonchev–Trinajstić information content (AvgIpc) is 2.29. The Bertz CT molecular complexity index is 311. The van der Waals surface area contributed by atoms with E-state index in [0.717, 1.165) is 19.6 Å². The summed E-state index contributed by atoms with van der Waals surface area (Å²) in [5.41, 5.74) is 2.97. The molecule has 1 atom stereocenters. The van der Waals surface area contributed by atoms with E-state index in [1.807, 2.05) is 0 Å². The molecule has 0 amide bonds. The zero-order valence-electron chi connectivity index (χ0n) is 9.33. The topological polar surface area (TPSA) is 21.3 Å². The van der Waals surface area contributed by atoms with Gasteiger partial charge in [-0.3, -0.25) is 0 Å². The molecule has 0 aromatic heterocycles. The largest absolute Gasteiger partial charge is 0.385 e. The standard InChI is InChI=1S/C13H19NO/c1-15-8-4-7-13-9-11-5-2-3-6-12(11)10-14-13/h2-3,5-6,13-14H,4,7-10H2,1H3. The SMILES string of the molecule is COCCCC1Cc2ccccc2CN1. The van der Waals surface area contributed by atoms with Crippen LogP contribution in [0.3, 0.4) is 0 Å². The Hall–Kier alpha value is -0.860. The number of fused-ring (bicyclic) bond motifs is 1. The number of ether oxygens (including phenoxy) is 1. The molecular weight excluding hydrogens is 186 g/mol.